The molecule has 36 heavy (non-hydrogen) atoms. The number of para-hydroxylation sites is 1. The van der Waals surface area contributed by atoms with Gasteiger partial charge in [0.25, 0.3) is 5.91 Å². The van der Waals surface area contributed by atoms with Crippen LogP contribution in [0.3, 0.4) is 0 Å². The van der Waals surface area contributed by atoms with Crippen LogP contribution in [-0.2, 0) is 16.0 Å². The van der Waals surface area contributed by atoms with Crippen molar-refractivity contribution in [2.75, 3.05) is 10.2 Å². The molecule has 1 saturated heterocycles. The first kappa shape index (κ1) is 23.4. The topological polar surface area (TPSA) is 73.2 Å². The number of benzene rings is 4. The number of hydrogen-bond donors (Lipinski definition) is 1. The SMILES string of the molecule is Cc1cccc(CC2S/C(=C(/C#N)C(=O)Nc3cccc4ccccc34)N(c3ccccc3)C2=O)c1. The molecule has 1 atom stereocenters. The number of nitrogens with zero attached hydrogens (tertiary/aromatic N) is 2. The Bertz CT molecular complexity index is 1530. The minimum atomic E-state index is -0.540. The van der Waals surface area contributed by atoms with Crippen molar-refractivity contribution in [3.05, 3.63) is 119 Å². The number of rotatable bonds is 5. The zero-order valence-corrected chi connectivity index (χ0v) is 20.5. The number of nitrogens with one attached hydrogen (secondary N) is 1. The first-order valence-electron chi connectivity index (χ1n) is 11.6. The summed E-state index contributed by atoms with van der Waals surface area (Å²) < 4.78 is 0. The van der Waals surface area contributed by atoms with Crippen LogP contribution in [0.4, 0.5) is 11.4 Å². The van der Waals surface area contributed by atoms with Crippen LogP contribution in [0.1, 0.15) is 11.1 Å². The molecule has 1 aliphatic heterocycles. The van der Waals surface area contributed by atoms with E-state index < -0.39 is 11.2 Å². The smallest absolute Gasteiger partial charge is 0.269 e. The van der Waals surface area contributed by atoms with Gasteiger partial charge in [0.2, 0.25) is 5.91 Å². The third-order valence-corrected chi connectivity index (χ3v) is 7.32. The van der Waals surface area contributed by atoms with E-state index in [1.807, 2.05) is 97.9 Å². The van der Waals surface area contributed by atoms with Gasteiger partial charge in [0.05, 0.1) is 5.25 Å². The van der Waals surface area contributed by atoms with Crippen molar-refractivity contribution in [3.8, 4) is 6.07 Å². The van der Waals surface area contributed by atoms with Gasteiger partial charge in [-0.05, 0) is 42.5 Å². The zero-order chi connectivity index (χ0) is 25.1. The molecule has 0 spiro atoms. The Balaban J connectivity index is 1.53. The first-order chi connectivity index (χ1) is 17.5. The minimum Gasteiger partial charge on any atom is -0.321 e. The molecule has 1 N–H and O–H groups in total. The second-order valence-electron chi connectivity index (χ2n) is 8.58. The maximum atomic E-state index is 13.6. The molecule has 1 aliphatic rings. The summed E-state index contributed by atoms with van der Waals surface area (Å²) in [6, 6.07) is 32.6. The predicted molar refractivity (Wildman–Crippen MR) is 145 cm³/mol. The molecule has 1 heterocycles. The molecule has 0 radical (unpaired) electrons. The van der Waals surface area contributed by atoms with E-state index in [1.165, 1.54) is 16.7 Å². The van der Waals surface area contributed by atoms with Crippen molar-refractivity contribution in [1.82, 2.24) is 0 Å². The molecule has 4 aromatic rings. The summed E-state index contributed by atoms with van der Waals surface area (Å²) in [4.78, 5) is 28.5. The summed E-state index contributed by atoms with van der Waals surface area (Å²) >= 11 is 1.27. The molecule has 1 unspecified atom stereocenters. The van der Waals surface area contributed by atoms with Crippen LogP contribution >= 0.6 is 11.8 Å². The lowest BCUT2D eigenvalue weighted by molar-refractivity contribution is -0.117. The number of aryl methyl sites for hydroxylation is 1. The van der Waals surface area contributed by atoms with E-state index in [9.17, 15) is 14.9 Å². The van der Waals surface area contributed by atoms with Gasteiger partial charge < -0.3 is 5.32 Å². The highest BCUT2D eigenvalue weighted by molar-refractivity contribution is 8.05. The average Bonchev–Trinajstić information content (AvgIpc) is 3.20. The maximum absolute atomic E-state index is 13.6. The van der Waals surface area contributed by atoms with E-state index in [0.717, 1.165) is 21.9 Å². The lowest BCUT2D eigenvalue weighted by atomic mass is 10.1. The Hall–Kier alpha value is -4.34. The molecular formula is C30H23N3O2S. The number of hydrogen-bond acceptors (Lipinski definition) is 4. The Kier molecular flexibility index (Phi) is 6.57. The quantitative estimate of drug-likeness (QED) is 0.267. The van der Waals surface area contributed by atoms with Gasteiger partial charge in [0, 0.05) is 16.8 Å². The van der Waals surface area contributed by atoms with Crippen molar-refractivity contribution < 1.29 is 9.59 Å². The van der Waals surface area contributed by atoms with Crippen molar-refractivity contribution in [2.45, 2.75) is 18.6 Å². The maximum Gasteiger partial charge on any atom is 0.269 e. The van der Waals surface area contributed by atoms with Crippen LogP contribution in [0.25, 0.3) is 10.8 Å². The lowest BCUT2D eigenvalue weighted by Gasteiger charge is -2.18. The van der Waals surface area contributed by atoms with Crippen LogP contribution < -0.4 is 10.2 Å². The van der Waals surface area contributed by atoms with Gasteiger partial charge in [-0.25, -0.2) is 0 Å². The molecule has 0 saturated carbocycles. The number of thioether (sulfide) groups is 1. The van der Waals surface area contributed by atoms with Gasteiger partial charge in [-0.15, -0.1) is 0 Å². The summed E-state index contributed by atoms with van der Waals surface area (Å²) in [5.74, 6) is -0.685. The number of fused-ring (bicyclic) bond motifs is 1. The largest absolute Gasteiger partial charge is 0.321 e. The number of nitriles is 1. The lowest BCUT2D eigenvalue weighted by Crippen LogP contribution is -2.30. The third-order valence-electron chi connectivity index (χ3n) is 6.06. The summed E-state index contributed by atoms with van der Waals surface area (Å²) in [5, 5.41) is 14.8. The Labute approximate surface area is 214 Å². The van der Waals surface area contributed by atoms with Gasteiger partial charge in [0.15, 0.2) is 0 Å². The third kappa shape index (κ3) is 4.61. The number of amides is 2. The summed E-state index contributed by atoms with van der Waals surface area (Å²) in [7, 11) is 0. The highest BCUT2D eigenvalue weighted by atomic mass is 32.2. The van der Waals surface area contributed by atoms with Crippen molar-refractivity contribution in [2.24, 2.45) is 0 Å². The van der Waals surface area contributed by atoms with Crippen molar-refractivity contribution >= 4 is 45.7 Å². The molecular weight excluding hydrogens is 466 g/mol. The second-order valence-corrected chi connectivity index (χ2v) is 9.77. The van der Waals surface area contributed by atoms with E-state index in [0.29, 0.717) is 22.8 Å². The molecule has 176 valence electrons. The van der Waals surface area contributed by atoms with Gasteiger partial charge in [0.1, 0.15) is 16.7 Å². The highest BCUT2D eigenvalue weighted by Crippen LogP contribution is 2.42. The van der Waals surface area contributed by atoms with E-state index in [4.69, 9.17) is 0 Å². The molecule has 4 aromatic carbocycles. The fourth-order valence-corrected chi connectivity index (χ4v) is 5.68. The fourth-order valence-electron chi connectivity index (χ4n) is 4.37. The van der Waals surface area contributed by atoms with Gasteiger partial charge in [-0.2, -0.15) is 5.26 Å². The Morgan fingerprint density at radius 1 is 0.972 bits per heavy atom. The number of carbonyl (C=O) groups is 2. The van der Waals surface area contributed by atoms with Gasteiger partial charge in [-0.1, -0.05) is 96.2 Å². The molecule has 5 nitrogen and oxygen atoms in total. The Morgan fingerprint density at radius 2 is 1.69 bits per heavy atom. The molecule has 0 bridgehead atoms. The number of anilines is 2. The molecule has 1 fully saturated rings. The standard InChI is InChI=1S/C30H23N3O2S/c1-20-9-7-10-21(17-20)18-27-29(35)33(23-13-3-2-4-14-23)30(36-27)25(19-31)28(34)32-26-16-8-12-22-11-5-6-15-24(22)26/h2-17,27H,18H2,1H3,(H,32,34)/b30-25-. The Morgan fingerprint density at radius 3 is 2.47 bits per heavy atom. The molecule has 0 aromatic heterocycles. The van der Waals surface area contributed by atoms with E-state index in [1.54, 1.807) is 0 Å². The van der Waals surface area contributed by atoms with Crippen molar-refractivity contribution in [3.63, 3.8) is 0 Å². The average molecular weight is 490 g/mol. The molecule has 2 amide bonds. The van der Waals surface area contributed by atoms with E-state index in [2.05, 4.69) is 17.5 Å². The summed E-state index contributed by atoms with van der Waals surface area (Å²) in [6.45, 7) is 2.01. The van der Waals surface area contributed by atoms with E-state index in [-0.39, 0.29) is 11.5 Å². The normalized spacial score (nSPS) is 16.6. The molecule has 0 aliphatic carbocycles. The monoisotopic (exact) mass is 489 g/mol. The predicted octanol–water partition coefficient (Wildman–Crippen LogP) is 6.21. The van der Waals surface area contributed by atoms with Crippen LogP contribution in [0, 0.1) is 18.3 Å². The van der Waals surface area contributed by atoms with Crippen LogP contribution in [0.2, 0.25) is 0 Å². The van der Waals surface area contributed by atoms with E-state index >= 15 is 0 Å². The van der Waals surface area contributed by atoms with Crippen LogP contribution in [0.15, 0.2) is 108 Å². The van der Waals surface area contributed by atoms with Gasteiger partial charge in [-0.3, -0.25) is 14.5 Å². The van der Waals surface area contributed by atoms with Crippen molar-refractivity contribution in [1.29, 1.82) is 5.26 Å². The minimum absolute atomic E-state index is 0.0862. The molecule has 6 heteroatoms. The van der Waals surface area contributed by atoms with Crippen LogP contribution in [0.5, 0.6) is 0 Å². The highest BCUT2D eigenvalue weighted by Gasteiger charge is 2.40. The summed E-state index contributed by atoms with van der Waals surface area (Å²) in [6.07, 6.45) is 0.502. The van der Waals surface area contributed by atoms with Crippen LogP contribution in [-0.4, -0.2) is 17.1 Å². The summed E-state index contributed by atoms with van der Waals surface area (Å²) in [5.41, 5.74) is 3.31. The molecule has 5 rings (SSSR count). The fraction of sp³-hybridized carbons (Fsp3) is 0.100. The first-order valence-corrected chi connectivity index (χ1v) is 12.5. The number of carbonyl (C=O) groups excluding carboxylic acids is 2. The zero-order valence-electron chi connectivity index (χ0n) is 19.6. The van der Waals surface area contributed by atoms with Gasteiger partial charge >= 0.3 is 0 Å². The second kappa shape index (κ2) is 10.1.